The summed E-state index contributed by atoms with van der Waals surface area (Å²) in [5.74, 6) is -0.978. The maximum absolute atomic E-state index is 13.9. The summed E-state index contributed by atoms with van der Waals surface area (Å²) in [6.07, 6.45) is 26.6. The van der Waals surface area contributed by atoms with E-state index in [4.69, 9.17) is 5.21 Å². The van der Waals surface area contributed by atoms with Crippen molar-refractivity contribution in [2.75, 3.05) is 86.1 Å². The maximum Gasteiger partial charge on any atom is 0.334 e. The van der Waals surface area contributed by atoms with Crippen LogP contribution in [0.25, 0.3) is 44.5 Å². The van der Waals surface area contributed by atoms with Crippen LogP contribution in [0.2, 0.25) is 0 Å². The molecule has 4 aliphatic heterocycles. The van der Waals surface area contributed by atoms with Gasteiger partial charge in [-0.25, -0.2) is 14.8 Å². The molecule has 2 aliphatic carbocycles. The minimum Gasteiger partial charge on any atom is -0.478 e. The number of halogens is 2. The van der Waals surface area contributed by atoms with Crippen molar-refractivity contribution >= 4 is 87.2 Å². The second kappa shape index (κ2) is 44.7. The van der Waals surface area contributed by atoms with Crippen LogP contribution in [0.1, 0.15) is 184 Å². The summed E-state index contributed by atoms with van der Waals surface area (Å²) in [6, 6.07) is 25.1. The first kappa shape index (κ1) is 85.0. The van der Waals surface area contributed by atoms with Gasteiger partial charge in [-0.2, -0.15) is 0 Å². The van der Waals surface area contributed by atoms with Crippen molar-refractivity contribution in [3.8, 4) is 0 Å². The van der Waals surface area contributed by atoms with Crippen molar-refractivity contribution in [2.24, 2.45) is 9.98 Å². The molecule has 2 saturated heterocycles. The number of para-hydroxylation sites is 5. The smallest absolute Gasteiger partial charge is 0.334 e. The number of rotatable bonds is 11. The van der Waals surface area contributed by atoms with Gasteiger partial charge in [-0.05, 0) is 146 Å². The van der Waals surface area contributed by atoms with Gasteiger partial charge < -0.3 is 35.4 Å². The van der Waals surface area contributed by atoms with Crippen LogP contribution in [-0.2, 0) is 9.59 Å². The monoisotopic (exact) mass is 1370 g/mol. The highest BCUT2D eigenvalue weighted by Gasteiger charge is 2.34. The number of amides is 1. The Balaban J connectivity index is 0.000000454. The number of hydrogen-bond donors (Lipinski definition) is 5. The van der Waals surface area contributed by atoms with Crippen molar-refractivity contribution in [3.63, 3.8) is 0 Å². The number of carboxylic acid groups (broad SMARTS) is 1. The molecular weight excluding hydrogens is 1260 g/mol. The van der Waals surface area contributed by atoms with E-state index in [-0.39, 0.29) is 66.0 Å². The standard InChI is InChI=1S/C27H36N4O3.C22H27N3O4.C8H17N3.C6H5N3O.C5H11N.4CH4.2ClH/c32-25-27(34)31(24-14-8-7-13-22(24)28-25)23-15-18-30(20-11-5-2-1-3-6-12-20)19-21(23)26(33)29-16-9-4-10-17-29;26-20-21(27)25(19-11-7-6-10-17(19)23-20)18-12-13-24(14-16(18)22(28)29)15-8-4-2-1-3-5-9-15;1-4-9-8-10-6-5-7-11(2)3;10-9-6-4-2-1-3-5(6)7-8-9;1-2-4-6-5-3-1;;;;;;/h7-8,13-14,20H,1-6,9-12,15-19H2,(H,28,32);6-7,10-11,15H,1-5,8-9,12-14H2,(H,23,26)(H,28,29);4-7H2,1-3H3;1-4,10H;6H,1-5H2;4*1H4;2*1H. The third-order valence-corrected chi connectivity index (χ3v) is 17.9. The molecule has 22 nitrogen and oxygen atoms in total. The van der Waals surface area contributed by atoms with E-state index in [9.17, 15) is 33.9 Å². The maximum atomic E-state index is 13.9. The first-order valence-electron chi connectivity index (χ1n) is 33.2. The SMILES string of the molecule is C.C.C.C.C1CCNCC1.CCN=C=NCCCN(C)C.Cl.Cl.O=C(C1=C(n2c(=O)c(=O)[nH]c3ccccc32)CCN(C2CCCCCCC2)C1)N1CCCCC1.O=C(O)C1=C(n2c(=O)c(=O)[nH]c3ccccc32)CCN(C2CCCCCCC2)C1.On1nnc2ccccc21. The lowest BCUT2D eigenvalue weighted by Gasteiger charge is -2.39. The first-order valence-corrected chi connectivity index (χ1v) is 33.2. The number of likely N-dealkylation sites (tertiary alicyclic amines) is 1. The largest absolute Gasteiger partial charge is 0.478 e. The summed E-state index contributed by atoms with van der Waals surface area (Å²) in [5.41, 5.74) is 3.03. The summed E-state index contributed by atoms with van der Waals surface area (Å²) in [7, 11) is 4.12. The molecule has 96 heavy (non-hydrogen) atoms. The average Bonchev–Trinajstić information content (AvgIpc) is 1.17. The summed E-state index contributed by atoms with van der Waals surface area (Å²) in [5, 5.41) is 29.3. The Kier molecular flexibility index (Phi) is 39.6. The number of H-pyrrole nitrogens is 2. The first-order chi connectivity index (χ1) is 43.8. The number of nitrogens with zero attached hydrogens (tertiary/aromatic N) is 11. The quantitative estimate of drug-likeness (QED) is 0.0350. The zero-order valence-corrected chi connectivity index (χ0v) is 55.8. The molecule has 0 atom stereocenters. The zero-order chi connectivity index (χ0) is 63.6. The van der Waals surface area contributed by atoms with Gasteiger partial charge in [0.15, 0.2) is 0 Å². The van der Waals surface area contributed by atoms with Crippen LogP contribution in [0.3, 0.4) is 0 Å². The molecule has 3 aromatic heterocycles. The van der Waals surface area contributed by atoms with Crippen molar-refractivity contribution in [3.05, 3.63) is 125 Å². The molecule has 3 aromatic carbocycles. The molecule has 5 N–H and O–H groups in total. The van der Waals surface area contributed by atoms with Gasteiger partial charge in [0.2, 0.25) is 0 Å². The number of hydrogen-bond acceptors (Lipinski definition) is 15. The zero-order valence-electron chi connectivity index (χ0n) is 54.2. The molecule has 0 spiro atoms. The Morgan fingerprint density at radius 2 is 1.02 bits per heavy atom. The van der Waals surface area contributed by atoms with Gasteiger partial charge in [0.25, 0.3) is 5.91 Å². The molecule has 534 valence electrons. The fourth-order valence-electron chi connectivity index (χ4n) is 13.1. The van der Waals surface area contributed by atoms with E-state index in [1.54, 1.807) is 36.4 Å². The number of carbonyl (C=O) groups excluding carboxylic acids is 1. The van der Waals surface area contributed by atoms with Gasteiger partial charge in [0, 0.05) is 82.1 Å². The number of carboxylic acids is 1. The normalized spacial score (nSPS) is 17.3. The molecule has 6 aliphatic rings. The molecule has 12 rings (SSSR count). The van der Waals surface area contributed by atoms with Crippen molar-refractivity contribution < 1.29 is 19.9 Å². The molecule has 0 unspecified atom stereocenters. The van der Waals surface area contributed by atoms with E-state index >= 15 is 0 Å². The Labute approximate surface area is 581 Å². The Hall–Kier alpha value is -7.04. The lowest BCUT2D eigenvalue weighted by atomic mass is 9.93. The third-order valence-electron chi connectivity index (χ3n) is 17.9. The number of aromatic nitrogens is 7. The van der Waals surface area contributed by atoms with Crippen LogP contribution in [0.4, 0.5) is 0 Å². The lowest BCUT2D eigenvalue weighted by molar-refractivity contribution is -0.133. The van der Waals surface area contributed by atoms with Crippen LogP contribution < -0.4 is 27.6 Å². The van der Waals surface area contributed by atoms with Gasteiger partial charge in [0.1, 0.15) is 11.0 Å². The van der Waals surface area contributed by atoms with E-state index < -0.39 is 28.2 Å². The van der Waals surface area contributed by atoms with Crippen LogP contribution in [-0.4, -0.2) is 180 Å². The molecule has 0 bridgehead atoms. The van der Waals surface area contributed by atoms with E-state index in [0.717, 1.165) is 82.6 Å². The fraction of sp³-hybridized carbons (Fsp3) is 0.597. The Morgan fingerprint density at radius 3 is 1.47 bits per heavy atom. The van der Waals surface area contributed by atoms with Gasteiger partial charge in [-0.1, -0.05) is 142 Å². The fourth-order valence-corrected chi connectivity index (χ4v) is 13.1. The van der Waals surface area contributed by atoms with Crippen LogP contribution in [0.15, 0.2) is 113 Å². The number of carbonyl (C=O) groups is 2. The summed E-state index contributed by atoms with van der Waals surface area (Å²) >= 11 is 0. The molecule has 24 heteroatoms. The number of aliphatic imine (C=N–C) groups is 2. The topological polar surface area (TPSA) is 265 Å². The van der Waals surface area contributed by atoms with Crippen LogP contribution in [0.5, 0.6) is 0 Å². The molecule has 6 aromatic rings. The molecule has 0 radical (unpaired) electrons. The highest BCUT2D eigenvalue weighted by Crippen LogP contribution is 2.32. The number of aromatic amines is 2. The Morgan fingerprint density at radius 1 is 0.583 bits per heavy atom. The van der Waals surface area contributed by atoms with Crippen molar-refractivity contribution in [2.45, 2.75) is 196 Å². The molecular formula is C72H114Cl2N14O8. The summed E-state index contributed by atoms with van der Waals surface area (Å²) in [6.45, 7) is 11.1. The van der Waals surface area contributed by atoms with Gasteiger partial charge >= 0.3 is 28.2 Å². The van der Waals surface area contributed by atoms with Crippen molar-refractivity contribution in [1.82, 2.24) is 59.2 Å². The molecule has 2 saturated carbocycles. The van der Waals surface area contributed by atoms with Gasteiger partial charge in [0.05, 0.1) is 45.8 Å². The number of benzene rings is 3. The number of fused-ring (bicyclic) bond motifs is 3. The van der Waals surface area contributed by atoms with E-state index in [1.807, 2.05) is 48.2 Å². The van der Waals surface area contributed by atoms with Crippen LogP contribution in [0, 0.1) is 0 Å². The van der Waals surface area contributed by atoms with Gasteiger partial charge in [-0.3, -0.25) is 42.9 Å². The number of aliphatic carboxylic acids is 1. The molecule has 1 amide bonds. The highest BCUT2D eigenvalue weighted by atomic mass is 35.5. The minimum atomic E-state index is -1.02. The second-order valence-corrected chi connectivity index (χ2v) is 24.6. The summed E-state index contributed by atoms with van der Waals surface area (Å²) in [4.78, 5) is 99.3. The lowest BCUT2D eigenvalue weighted by Crippen LogP contribution is -2.47. The highest BCUT2D eigenvalue weighted by molar-refractivity contribution is 6.00. The predicted molar refractivity (Wildman–Crippen MR) is 398 cm³/mol. The van der Waals surface area contributed by atoms with E-state index in [1.165, 1.54) is 119 Å². The molecule has 4 fully saturated rings. The molecule has 7 heterocycles. The summed E-state index contributed by atoms with van der Waals surface area (Å²) < 4.78 is 2.84. The number of nitrogens with one attached hydrogen (secondary N) is 3. The predicted octanol–water partition coefficient (Wildman–Crippen LogP) is 12.5. The average molecular weight is 1370 g/mol. The van der Waals surface area contributed by atoms with Crippen molar-refractivity contribution in [1.29, 1.82) is 0 Å². The van der Waals surface area contributed by atoms with E-state index in [2.05, 4.69) is 70.4 Å². The second-order valence-electron chi connectivity index (χ2n) is 24.6. The number of piperidine rings is 2. The Bertz CT molecular complexity index is 3660. The van der Waals surface area contributed by atoms with E-state index in [0.29, 0.717) is 94.6 Å². The van der Waals surface area contributed by atoms with Crippen LogP contribution >= 0.6 is 24.8 Å². The minimum absolute atomic E-state index is 0. The third kappa shape index (κ3) is 24.2. The van der Waals surface area contributed by atoms with Gasteiger partial charge in [-0.15, -0.1) is 29.9 Å².